The highest BCUT2D eigenvalue weighted by atomic mass is 16.6. The third-order valence-corrected chi connectivity index (χ3v) is 3.36. The maximum atomic E-state index is 11.9. The summed E-state index contributed by atoms with van der Waals surface area (Å²) in [4.78, 5) is 22.3. The molecule has 0 amide bonds. The third-order valence-electron chi connectivity index (χ3n) is 3.36. The Hall–Kier alpha value is -4.06. The van der Waals surface area contributed by atoms with E-state index in [2.05, 4.69) is 20.4 Å². The van der Waals surface area contributed by atoms with Crippen molar-refractivity contribution < 1.29 is 4.92 Å². The summed E-state index contributed by atoms with van der Waals surface area (Å²) >= 11 is 0. The maximum absolute atomic E-state index is 11.9. The zero-order chi connectivity index (χ0) is 17.8. The number of nitro groups is 1. The van der Waals surface area contributed by atoms with Gasteiger partial charge in [0.05, 0.1) is 27.9 Å². The van der Waals surface area contributed by atoms with Crippen LogP contribution >= 0.6 is 0 Å². The van der Waals surface area contributed by atoms with Gasteiger partial charge in [-0.3, -0.25) is 25.1 Å². The Kier molecular flexibility index (Phi) is 4.17. The molecule has 2 N–H and O–H groups in total. The second-order valence-electron chi connectivity index (χ2n) is 4.97. The number of benzene rings is 2. The van der Waals surface area contributed by atoms with Gasteiger partial charge in [-0.15, -0.1) is 5.11 Å². The Balaban J connectivity index is 1.98. The number of hydrogen-bond acceptors (Lipinski definition) is 6. The van der Waals surface area contributed by atoms with Crippen LogP contribution in [0.4, 0.5) is 17.1 Å². The molecule has 9 heteroatoms. The van der Waals surface area contributed by atoms with Gasteiger partial charge in [0.1, 0.15) is 0 Å². The average molecular weight is 334 g/mol. The first kappa shape index (κ1) is 15.8. The van der Waals surface area contributed by atoms with Crippen molar-refractivity contribution in [3.05, 3.63) is 74.6 Å². The van der Waals surface area contributed by atoms with Crippen molar-refractivity contribution >= 4 is 17.1 Å². The zero-order valence-corrected chi connectivity index (χ0v) is 12.6. The largest absolute Gasteiger partial charge is 0.295 e. The molecule has 0 bridgehead atoms. The lowest BCUT2D eigenvalue weighted by Crippen LogP contribution is -1.96. The number of aromatic nitrogens is 2. The SMILES string of the molecule is N#Cc1ccc(N=Nc2c(-c3cccc([N+](=O)[O-])c3)[nH][nH]c2=O)cc1. The summed E-state index contributed by atoms with van der Waals surface area (Å²) in [6.07, 6.45) is 0. The van der Waals surface area contributed by atoms with Crippen molar-refractivity contribution in [3.63, 3.8) is 0 Å². The topological polar surface area (TPSA) is 140 Å². The Morgan fingerprint density at radius 3 is 2.52 bits per heavy atom. The maximum Gasteiger partial charge on any atom is 0.292 e. The quantitative estimate of drug-likeness (QED) is 0.427. The number of nitro benzene ring substituents is 1. The molecule has 25 heavy (non-hydrogen) atoms. The number of aromatic amines is 2. The van der Waals surface area contributed by atoms with Crippen LogP contribution in [-0.2, 0) is 0 Å². The molecule has 0 unspecified atom stereocenters. The standard InChI is InChI=1S/C16H10N6O3/c17-9-10-4-6-12(7-5-10)18-20-15-14(19-21-16(15)23)11-2-1-3-13(8-11)22(24)25/h1-8H,(H2,19,21,23). The molecular formula is C16H10N6O3. The van der Waals surface area contributed by atoms with E-state index in [1.165, 1.54) is 18.2 Å². The van der Waals surface area contributed by atoms with Crippen molar-refractivity contribution in [1.82, 2.24) is 10.2 Å². The Morgan fingerprint density at radius 1 is 1.08 bits per heavy atom. The minimum atomic E-state index is -0.522. The third kappa shape index (κ3) is 3.32. The van der Waals surface area contributed by atoms with E-state index in [1.807, 2.05) is 6.07 Å². The molecule has 0 aliphatic rings. The molecule has 1 heterocycles. The van der Waals surface area contributed by atoms with Crippen LogP contribution in [0.3, 0.4) is 0 Å². The lowest BCUT2D eigenvalue weighted by Gasteiger charge is -1.99. The Morgan fingerprint density at radius 2 is 1.84 bits per heavy atom. The van der Waals surface area contributed by atoms with Crippen molar-refractivity contribution in [1.29, 1.82) is 5.26 Å². The normalized spacial score (nSPS) is 10.7. The molecule has 0 radical (unpaired) electrons. The summed E-state index contributed by atoms with van der Waals surface area (Å²) in [7, 11) is 0. The van der Waals surface area contributed by atoms with E-state index in [1.54, 1.807) is 30.3 Å². The van der Waals surface area contributed by atoms with E-state index in [-0.39, 0.29) is 11.4 Å². The van der Waals surface area contributed by atoms with E-state index < -0.39 is 10.5 Å². The van der Waals surface area contributed by atoms with Crippen LogP contribution < -0.4 is 5.56 Å². The second-order valence-corrected chi connectivity index (χ2v) is 4.97. The number of nitrogens with one attached hydrogen (secondary N) is 2. The molecule has 9 nitrogen and oxygen atoms in total. The van der Waals surface area contributed by atoms with Gasteiger partial charge in [-0.05, 0) is 24.3 Å². The van der Waals surface area contributed by atoms with E-state index in [0.717, 1.165) is 0 Å². The Bertz CT molecular complexity index is 1060. The summed E-state index contributed by atoms with van der Waals surface area (Å²) in [5, 5.41) is 32.6. The molecule has 122 valence electrons. The lowest BCUT2D eigenvalue weighted by atomic mass is 10.1. The molecule has 0 saturated carbocycles. The van der Waals surface area contributed by atoms with E-state index in [9.17, 15) is 14.9 Å². The minimum Gasteiger partial charge on any atom is -0.295 e. The summed E-state index contributed by atoms with van der Waals surface area (Å²) in [6, 6.07) is 14.2. The van der Waals surface area contributed by atoms with Crippen LogP contribution in [0, 0.1) is 21.4 Å². The van der Waals surface area contributed by atoms with Crippen LogP contribution in [0.1, 0.15) is 5.56 Å². The summed E-state index contributed by atoms with van der Waals surface area (Å²) in [6.45, 7) is 0. The molecule has 0 atom stereocenters. The summed E-state index contributed by atoms with van der Waals surface area (Å²) in [5.41, 5.74) is 1.08. The fraction of sp³-hybridized carbons (Fsp3) is 0. The highest BCUT2D eigenvalue weighted by molar-refractivity contribution is 5.72. The monoisotopic (exact) mass is 334 g/mol. The van der Waals surface area contributed by atoms with Gasteiger partial charge in [-0.1, -0.05) is 12.1 Å². The average Bonchev–Trinajstić information content (AvgIpc) is 3.01. The van der Waals surface area contributed by atoms with E-state index in [0.29, 0.717) is 22.5 Å². The molecule has 0 fully saturated rings. The number of nitrogens with zero attached hydrogens (tertiary/aromatic N) is 4. The molecule has 3 aromatic rings. The predicted molar refractivity (Wildman–Crippen MR) is 88.8 cm³/mol. The number of non-ortho nitro benzene ring substituents is 1. The van der Waals surface area contributed by atoms with Gasteiger partial charge in [0, 0.05) is 17.7 Å². The molecule has 1 aromatic heterocycles. The van der Waals surface area contributed by atoms with Crippen LogP contribution in [0.25, 0.3) is 11.3 Å². The highest BCUT2D eigenvalue weighted by Crippen LogP contribution is 2.28. The van der Waals surface area contributed by atoms with Gasteiger partial charge >= 0.3 is 0 Å². The summed E-state index contributed by atoms with van der Waals surface area (Å²) < 4.78 is 0. The molecule has 3 rings (SSSR count). The zero-order valence-electron chi connectivity index (χ0n) is 12.6. The molecule has 0 aliphatic carbocycles. The first-order valence-electron chi connectivity index (χ1n) is 7.06. The van der Waals surface area contributed by atoms with Gasteiger partial charge < -0.3 is 0 Å². The fourth-order valence-electron chi connectivity index (χ4n) is 2.14. The molecule has 0 saturated heterocycles. The number of H-pyrrole nitrogens is 2. The van der Waals surface area contributed by atoms with Crippen molar-refractivity contribution in [2.75, 3.05) is 0 Å². The number of rotatable bonds is 4. The lowest BCUT2D eigenvalue weighted by molar-refractivity contribution is -0.384. The smallest absolute Gasteiger partial charge is 0.292 e. The van der Waals surface area contributed by atoms with Crippen LogP contribution in [0.5, 0.6) is 0 Å². The highest BCUT2D eigenvalue weighted by Gasteiger charge is 2.14. The fourth-order valence-corrected chi connectivity index (χ4v) is 2.14. The van der Waals surface area contributed by atoms with Crippen LogP contribution in [0.15, 0.2) is 63.6 Å². The van der Waals surface area contributed by atoms with Crippen molar-refractivity contribution in [2.24, 2.45) is 10.2 Å². The van der Waals surface area contributed by atoms with Gasteiger partial charge in [0.2, 0.25) is 0 Å². The van der Waals surface area contributed by atoms with Gasteiger partial charge in [0.15, 0.2) is 5.69 Å². The van der Waals surface area contributed by atoms with Gasteiger partial charge in [-0.2, -0.15) is 10.4 Å². The number of nitriles is 1. The number of hydrogen-bond donors (Lipinski definition) is 2. The molecule has 0 spiro atoms. The van der Waals surface area contributed by atoms with Crippen molar-refractivity contribution in [2.45, 2.75) is 0 Å². The summed E-state index contributed by atoms with van der Waals surface area (Å²) in [5.74, 6) is 0. The van der Waals surface area contributed by atoms with Gasteiger partial charge in [-0.25, -0.2) is 0 Å². The van der Waals surface area contributed by atoms with Crippen LogP contribution in [-0.4, -0.2) is 15.1 Å². The minimum absolute atomic E-state index is 0.00450. The molecule has 2 aromatic carbocycles. The first-order valence-corrected chi connectivity index (χ1v) is 7.06. The van der Waals surface area contributed by atoms with E-state index >= 15 is 0 Å². The Labute approximate surface area is 140 Å². The molecular weight excluding hydrogens is 324 g/mol. The molecule has 0 aliphatic heterocycles. The van der Waals surface area contributed by atoms with Crippen molar-refractivity contribution in [3.8, 4) is 17.3 Å². The first-order chi connectivity index (χ1) is 12.1. The number of azo groups is 1. The van der Waals surface area contributed by atoms with Gasteiger partial charge in [0.25, 0.3) is 11.2 Å². The van der Waals surface area contributed by atoms with E-state index in [4.69, 9.17) is 5.26 Å². The predicted octanol–water partition coefficient (Wildman–Crippen LogP) is 3.57. The second kappa shape index (κ2) is 6.59. The van der Waals surface area contributed by atoms with Crippen LogP contribution in [0.2, 0.25) is 0 Å².